The molecule has 0 amide bonds. The van der Waals surface area contributed by atoms with E-state index in [1.807, 2.05) is 0 Å². The molecule has 1 atom stereocenters. The second-order valence-electron chi connectivity index (χ2n) is 4.82. The van der Waals surface area contributed by atoms with Crippen LogP contribution in [-0.2, 0) is 6.18 Å². The first-order valence-electron chi connectivity index (χ1n) is 6.40. The third-order valence-electron chi connectivity index (χ3n) is 3.50. The maximum absolute atomic E-state index is 13.0. The third-order valence-corrected chi connectivity index (χ3v) is 4.86. The van der Waals surface area contributed by atoms with Gasteiger partial charge in [0.05, 0.1) is 22.0 Å². The molecule has 2 aromatic rings. The monoisotopic (exact) mass is 302 g/mol. The van der Waals surface area contributed by atoms with Crippen LogP contribution in [-0.4, -0.2) is 15.3 Å². The molecule has 1 unspecified atom stereocenters. The molecule has 0 bridgehead atoms. The molecule has 0 radical (unpaired) electrons. The molecule has 1 aromatic carbocycles. The Morgan fingerprint density at radius 1 is 1.30 bits per heavy atom. The van der Waals surface area contributed by atoms with Gasteiger partial charge >= 0.3 is 11.9 Å². The molecule has 1 aromatic heterocycles. The van der Waals surface area contributed by atoms with Crippen molar-refractivity contribution in [3.05, 3.63) is 34.2 Å². The summed E-state index contributed by atoms with van der Waals surface area (Å²) in [6, 6.07) is 3.91. The zero-order valence-corrected chi connectivity index (χ0v) is 11.4. The summed E-state index contributed by atoms with van der Waals surface area (Å²) in [6.45, 7) is 0. The Balaban J connectivity index is 2.19. The van der Waals surface area contributed by atoms with Crippen molar-refractivity contribution in [1.82, 2.24) is 9.55 Å². The van der Waals surface area contributed by atoms with Gasteiger partial charge in [0.25, 0.3) is 0 Å². The van der Waals surface area contributed by atoms with E-state index in [9.17, 15) is 18.0 Å². The van der Waals surface area contributed by atoms with Gasteiger partial charge in [-0.3, -0.25) is 4.57 Å². The Kier molecular flexibility index (Phi) is 3.32. The Bertz CT molecular complexity index is 683. The van der Waals surface area contributed by atoms with Crippen LogP contribution in [0.1, 0.15) is 30.2 Å². The van der Waals surface area contributed by atoms with Gasteiger partial charge in [-0.25, -0.2) is 4.79 Å². The fraction of sp³-hybridized carbons (Fsp3) is 0.462. The Morgan fingerprint density at radius 2 is 2.10 bits per heavy atom. The van der Waals surface area contributed by atoms with Gasteiger partial charge in [0.1, 0.15) is 0 Å². The molecule has 1 N–H and O–H groups in total. The molecular formula is C13H13F3N2OS. The number of imidazole rings is 1. The minimum absolute atomic E-state index is 0.0755. The fourth-order valence-corrected chi connectivity index (χ4v) is 3.93. The van der Waals surface area contributed by atoms with Gasteiger partial charge in [-0.1, -0.05) is 6.07 Å². The zero-order chi connectivity index (χ0) is 14.3. The molecule has 1 aliphatic rings. The van der Waals surface area contributed by atoms with E-state index in [0.29, 0.717) is 5.52 Å². The summed E-state index contributed by atoms with van der Waals surface area (Å²) in [6.07, 6.45) is -1.57. The van der Waals surface area contributed by atoms with Crippen LogP contribution in [0.3, 0.4) is 0 Å². The van der Waals surface area contributed by atoms with Gasteiger partial charge in [-0.15, -0.1) is 11.8 Å². The van der Waals surface area contributed by atoms with Crippen molar-refractivity contribution in [2.75, 3.05) is 5.75 Å². The smallest absolute Gasteiger partial charge is 0.305 e. The van der Waals surface area contributed by atoms with Crippen LogP contribution in [0.25, 0.3) is 11.0 Å². The summed E-state index contributed by atoms with van der Waals surface area (Å²) in [5, 5.41) is -0.0755. The lowest BCUT2D eigenvalue weighted by Crippen LogP contribution is -2.22. The Labute approximate surface area is 117 Å². The summed E-state index contributed by atoms with van der Waals surface area (Å²) in [7, 11) is 0. The second-order valence-corrected chi connectivity index (χ2v) is 6.10. The van der Waals surface area contributed by atoms with Crippen molar-refractivity contribution in [3.63, 3.8) is 0 Å². The highest BCUT2D eigenvalue weighted by Gasteiger charge is 2.34. The molecular weight excluding hydrogens is 289 g/mol. The predicted octanol–water partition coefficient (Wildman–Crippen LogP) is 3.76. The van der Waals surface area contributed by atoms with E-state index < -0.39 is 17.4 Å². The first kappa shape index (κ1) is 13.6. The minimum atomic E-state index is -4.46. The maximum atomic E-state index is 13.0. The number of hydrogen-bond acceptors (Lipinski definition) is 2. The highest BCUT2D eigenvalue weighted by Crippen LogP contribution is 2.37. The van der Waals surface area contributed by atoms with Gasteiger partial charge in [-0.2, -0.15) is 13.2 Å². The van der Waals surface area contributed by atoms with E-state index in [-0.39, 0.29) is 10.9 Å². The van der Waals surface area contributed by atoms with Crippen LogP contribution < -0.4 is 5.69 Å². The average Bonchev–Trinajstić information content (AvgIpc) is 2.74. The van der Waals surface area contributed by atoms with Crippen molar-refractivity contribution in [2.24, 2.45) is 0 Å². The number of thioether (sulfide) groups is 1. The van der Waals surface area contributed by atoms with Crippen molar-refractivity contribution in [3.8, 4) is 0 Å². The van der Waals surface area contributed by atoms with Gasteiger partial charge in [0, 0.05) is 0 Å². The molecule has 108 valence electrons. The first-order valence-corrected chi connectivity index (χ1v) is 7.45. The molecule has 1 saturated heterocycles. The SMILES string of the molecule is O=c1[nH]c2c(C(F)(F)F)cccc2n1C1CCCCS1. The number of halogens is 3. The number of para-hydroxylation sites is 1. The van der Waals surface area contributed by atoms with E-state index in [1.54, 1.807) is 17.8 Å². The number of benzene rings is 1. The summed E-state index contributed by atoms with van der Waals surface area (Å²) >= 11 is 1.62. The standard InChI is InChI=1S/C13H13F3N2OS/c14-13(15,16)8-4-3-5-9-11(8)17-12(19)18(9)10-6-1-2-7-20-10/h3-5,10H,1-2,6-7H2,(H,17,19). The Morgan fingerprint density at radius 3 is 2.75 bits per heavy atom. The second kappa shape index (κ2) is 4.87. The van der Waals surface area contributed by atoms with Gasteiger partial charge in [-0.05, 0) is 37.1 Å². The lowest BCUT2D eigenvalue weighted by Gasteiger charge is -2.22. The zero-order valence-electron chi connectivity index (χ0n) is 10.5. The Hall–Kier alpha value is -1.37. The summed E-state index contributed by atoms with van der Waals surface area (Å²) in [5.74, 6) is 0.933. The van der Waals surface area contributed by atoms with Crippen LogP contribution in [0.2, 0.25) is 0 Å². The summed E-state index contributed by atoms with van der Waals surface area (Å²) < 4.78 is 40.4. The maximum Gasteiger partial charge on any atom is 0.418 e. The molecule has 3 rings (SSSR count). The van der Waals surface area contributed by atoms with Gasteiger partial charge < -0.3 is 4.98 Å². The highest BCUT2D eigenvalue weighted by atomic mass is 32.2. The van der Waals surface area contributed by atoms with Gasteiger partial charge in [0.15, 0.2) is 0 Å². The molecule has 20 heavy (non-hydrogen) atoms. The van der Waals surface area contributed by atoms with Crippen LogP contribution in [0.4, 0.5) is 13.2 Å². The lowest BCUT2D eigenvalue weighted by molar-refractivity contribution is -0.136. The number of aromatic amines is 1. The largest absolute Gasteiger partial charge is 0.418 e. The molecule has 7 heteroatoms. The van der Waals surface area contributed by atoms with E-state index in [0.717, 1.165) is 31.1 Å². The van der Waals surface area contributed by atoms with E-state index in [4.69, 9.17) is 0 Å². The number of H-pyrrole nitrogens is 1. The number of aromatic nitrogens is 2. The van der Waals surface area contributed by atoms with Crippen molar-refractivity contribution in [2.45, 2.75) is 30.8 Å². The number of rotatable bonds is 1. The molecule has 0 spiro atoms. The molecule has 0 saturated carbocycles. The first-order chi connectivity index (χ1) is 9.48. The van der Waals surface area contributed by atoms with E-state index in [2.05, 4.69) is 4.98 Å². The molecule has 2 heterocycles. The minimum Gasteiger partial charge on any atom is -0.305 e. The number of nitrogens with one attached hydrogen (secondary N) is 1. The summed E-state index contributed by atoms with van der Waals surface area (Å²) in [5.41, 5.74) is -1.02. The van der Waals surface area contributed by atoms with Gasteiger partial charge in [0.2, 0.25) is 0 Å². The van der Waals surface area contributed by atoms with Crippen LogP contribution in [0, 0.1) is 0 Å². The fourth-order valence-electron chi connectivity index (χ4n) is 2.60. The number of hydrogen-bond donors (Lipinski definition) is 1. The molecule has 3 nitrogen and oxygen atoms in total. The normalized spacial score (nSPS) is 20.4. The number of fused-ring (bicyclic) bond motifs is 1. The highest BCUT2D eigenvalue weighted by molar-refractivity contribution is 7.99. The average molecular weight is 302 g/mol. The predicted molar refractivity (Wildman–Crippen MR) is 72.9 cm³/mol. The van der Waals surface area contributed by atoms with Crippen molar-refractivity contribution >= 4 is 22.8 Å². The molecule has 1 aliphatic heterocycles. The number of alkyl halides is 3. The summed E-state index contributed by atoms with van der Waals surface area (Å²) in [4.78, 5) is 14.4. The van der Waals surface area contributed by atoms with Crippen LogP contribution in [0.5, 0.6) is 0 Å². The van der Waals surface area contributed by atoms with Crippen molar-refractivity contribution in [1.29, 1.82) is 0 Å². The third kappa shape index (κ3) is 2.24. The quantitative estimate of drug-likeness (QED) is 0.871. The van der Waals surface area contributed by atoms with E-state index >= 15 is 0 Å². The molecule has 1 fully saturated rings. The van der Waals surface area contributed by atoms with Crippen LogP contribution >= 0.6 is 11.8 Å². The number of nitrogens with zero attached hydrogens (tertiary/aromatic N) is 1. The topological polar surface area (TPSA) is 37.8 Å². The van der Waals surface area contributed by atoms with Crippen molar-refractivity contribution < 1.29 is 13.2 Å². The van der Waals surface area contributed by atoms with E-state index in [1.165, 1.54) is 10.6 Å². The molecule has 0 aliphatic carbocycles. The lowest BCUT2D eigenvalue weighted by atomic mass is 10.1. The van der Waals surface area contributed by atoms with Crippen LogP contribution in [0.15, 0.2) is 23.0 Å².